The molecule has 0 bridgehead atoms. The average molecular weight is 232 g/mol. The topological polar surface area (TPSA) is 0 Å². The highest BCUT2D eigenvalue weighted by Crippen LogP contribution is 2.06. The Bertz CT molecular complexity index is 341. The summed E-state index contributed by atoms with van der Waals surface area (Å²) in [5.74, 6) is 3.17. The fraction of sp³-hybridized carbons (Fsp3) is 0.467. The van der Waals surface area contributed by atoms with Crippen LogP contribution in [0.15, 0.2) is 35.6 Å². The van der Waals surface area contributed by atoms with E-state index in [0.29, 0.717) is 0 Å². The Balaban J connectivity index is 4.24. The van der Waals surface area contributed by atoms with Crippen LogP contribution < -0.4 is 0 Å². The van der Waals surface area contributed by atoms with Gasteiger partial charge in [-0.1, -0.05) is 41.9 Å². The molecule has 0 heterocycles. The molecule has 0 atom stereocenters. The molecule has 0 spiro atoms. The van der Waals surface area contributed by atoms with Crippen molar-refractivity contribution in [3.8, 4) is 11.5 Å². The molecule has 0 unspecified atom stereocenters. The molecule has 0 saturated carbocycles. The molecular formula is C15H24Si. The molecule has 0 amide bonds. The third-order valence-electron chi connectivity index (χ3n) is 2.31. The van der Waals surface area contributed by atoms with E-state index in [9.17, 15) is 0 Å². The van der Waals surface area contributed by atoms with Crippen LogP contribution in [-0.4, -0.2) is 8.07 Å². The highest BCUT2D eigenvalue weighted by molar-refractivity contribution is 6.89. The van der Waals surface area contributed by atoms with Gasteiger partial charge >= 0.3 is 0 Å². The molecule has 16 heavy (non-hydrogen) atoms. The van der Waals surface area contributed by atoms with E-state index in [1.165, 1.54) is 11.1 Å². The minimum Gasteiger partial charge on any atom is -0.122 e. The van der Waals surface area contributed by atoms with Gasteiger partial charge in [0.2, 0.25) is 0 Å². The second-order valence-corrected chi connectivity index (χ2v) is 9.11. The lowest BCUT2D eigenvalue weighted by molar-refractivity contribution is 0.968. The first kappa shape index (κ1) is 15.0. The second-order valence-electron chi connectivity index (χ2n) is 5.01. The van der Waals surface area contributed by atoms with E-state index in [1.54, 1.807) is 0 Å². The van der Waals surface area contributed by atoms with E-state index in [1.807, 2.05) is 5.70 Å². The first-order valence-electron chi connectivity index (χ1n) is 5.82. The normalized spacial score (nSPS) is 11.4. The van der Waals surface area contributed by atoms with Gasteiger partial charge in [-0.05, 0) is 39.7 Å². The van der Waals surface area contributed by atoms with E-state index < -0.39 is 8.07 Å². The lowest BCUT2D eigenvalue weighted by atomic mass is 10.1. The molecule has 0 aromatic rings. The maximum absolute atomic E-state index is 3.83. The van der Waals surface area contributed by atoms with Crippen molar-refractivity contribution in [1.82, 2.24) is 0 Å². The number of hydrogen-bond donors (Lipinski definition) is 0. The summed E-state index contributed by atoms with van der Waals surface area (Å²) >= 11 is 0. The minimum absolute atomic E-state index is 1.11. The second kappa shape index (κ2) is 7.30. The third kappa shape index (κ3) is 8.32. The summed E-state index contributed by atoms with van der Waals surface area (Å²) in [7, 11) is -1.45. The molecule has 0 saturated heterocycles. The van der Waals surface area contributed by atoms with Crippen LogP contribution in [0.3, 0.4) is 0 Å². The van der Waals surface area contributed by atoms with E-state index in [-0.39, 0.29) is 0 Å². The van der Waals surface area contributed by atoms with Gasteiger partial charge < -0.3 is 0 Å². The Labute approximate surface area is 102 Å². The van der Waals surface area contributed by atoms with Crippen molar-refractivity contribution in [2.75, 3.05) is 0 Å². The van der Waals surface area contributed by atoms with Gasteiger partial charge in [0.1, 0.15) is 0 Å². The third-order valence-corrected chi connectivity index (χ3v) is 4.12. The van der Waals surface area contributed by atoms with Gasteiger partial charge in [-0.2, -0.15) is 0 Å². The van der Waals surface area contributed by atoms with E-state index >= 15 is 0 Å². The molecule has 0 aliphatic carbocycles. The van der Waals surface area contributed by atoms with Gasteiger partial charge in [0, 0.05) is 0 Å². The molecule has 0 nitrogen and oxygen atoms in total. The maximum atomic E-state index is 3.83. The molecule has 0 rings (SSSR count). The van der Waals surface area contributed by atoms with Crippen molar-refractivity contribution in [2.45, 2.75) is 46.7 Å². The minimum atomic E-state index is -1.45. The van der Waals surface area contributed by atoms with Crippen LogP contribution in [0.1, 0.15) is 33.6 Å². The fourth-order valence-corrected chi connectivity index (χ4v) is 1.60. The zero-order valence-electron chi connectivity index (χ0n) is 11.4. The van der Waals surface area contributed by atoms with Gasteiger partial charge in [-0.25, -0.2) is 0 Å². The van der Waals surface area contributed by atoms with Crippen LogP contribution in [0.5, 0.6) is 0 Å². The zero-order valence-corrected chi connectivity index (χ0v) is 12.4. The Kier molecular flexibility index (Phi) is 6.84. The molecular weight excluding hydrogens is 208 g/mol. The molecule has 0 fully saturated rings. The van der Waals surface area contributed by atoms with Crippen LogP contribution in [0, 0.1) is 11.5 Å². The fourth-order valence-electron chi connectivity index (χ4n) is 1.06. The van der Waals surface area contributed by atoms with E-state index in [4.69, 9.17) is 0 Å². The van der Waals surface area contributed by atoms with Gasteiger partial charge in [-0.3, -0.25) is 0 Å². The van der Waals surface area contributed by atoms with Crippen LogP contribution in [0.4, 0.5) is 0 Å². The average Bonchev–Trinajstić information content (AvgIpc) is 2.17. The summed E-state index contributed by atoms with van der Waals surface area (Å²) in [5, 5.41) is 0. The predicted octanol–water partition coefficient (Wildman–Crippen LogP) is 4.66. The van der Waals surface area contributed by atoms with Crippen molar-refractivity contribution in [2.24, 2.45) is 0 Å². The van der Waals surface area contributed by atoms with Crippen LogP contribution in [0.2, 0.25) is 13.1 Å². The summed E-state index contributed by atoms with van der Waals surface area (Å²) in [5.41, 5.74) is 8.09. The Morgan fingerprint density at radius 2 is 1.88 bits per heavy atom. The molecule has 0 aromatic heterocycles. The quantitative estimate of drug-likeness (QED) is 0.376. The number of rotatable bonds is 4. The highest BCUT2D eigenvalue weighted by Gasteiger charge is 2.10. The van der Waals surface area contributed by atoms with Crippen molar-refractivity contribution in [1.29, 1.82) is 0 Å². The van der Waals surface area contributed by atoms with Gasteiger partial charge in [0.15, 0.2) is 8.07 Å². The number of allylic oxidation sites excluding steroid dienone is 4. The molecule has 0 aliphatic rings. The summed E-state index contributed by atoms with van der Waals surface area (Å²) in [6.07, 6.45) is 6.55. The standard InChI is InChI=1S/C15H24Si/c1-7-16(5,6)13-9-12-15(4)11-8-10-14(2)3/h7,10,12H,1,8,11H2,2-6H3/b15-12+. The number of hydrogen-bond acceptors (Lipinski definition) is 0. The summed E-state index contributed by atoms with van der Waals surface area (Å²) in [6, 6.07) is 0. The Morgan fingerprint density at radius 1 is 1.25 bits per heavy atom. The predicted molar refractivity (Wildman–Crippen MR) is 77.9 cm³/mol. The lowest BCUT2D eigenvalue weighted by Gasteiger charge is -2.04. The van der Waals surface area contributed by atoms with Crippen molar-refractivity contribution >= 4 is 8.07 Å². The smallest absolute Gasteiger partial charge is 0.122 e. The molecule has 0 N–H and O–H groups in total. The Morgan fingerprint density at radius 3 is 2.38 bits per heavy atom. The van der Waals surface area contributed by atoms with Gasteiger partial charge in [-0.15, -0.1) is 12.1 Å². The molecule has 0 aromatic carbocycles. The van der Waals surface area contributed by atoms with E-state index in [2.05, 4.69) is 64.1 Å². The van der Waals surface area contributed by atoms with Crippen molar-refractivity contribution in [3.05, 3.63) is 35.6 Å². The molecule has 88 valence electrons. The first-order chi connectivity index (χ1) is 7.37. The summed E-state index contributed by atoms with van der Waals surface area (Å²) in [6.45, 7) is 14.7. The molecule has 0 radical (unpaired) electrons. The largest absolute Gasteiger partial charge is 0.155 e. The highest BCUT2D eigenvalue weighted by atomic mass is 28.3. The van der Waals surface area contributed by atoms with Crippen LogP contribution in [-0.2, 0) is 0 Å². The van der Waals surface area contributed by atoms with Gasteiger partial charge in [0.25, 0.3) is 0 Å². The van der Waals surface area contributed by atoms with Crippen molar-refractivity contribution in [3.63, 3.8) is 0 Å². The summed E-state index contributed by atoms with van der Waals surface area (Å²) in [4.78, 5) is 0. The first-order valence-corrected chi connectivity index (χ1v) is 8.90. The molecule has 1 heteroatoms. The monoisotopic (exact) mass is 232 g/mol. The van der Waals surface area contributed by atoms with Gasteiger partial charge in [0.05, 0.1) is 0 Å². The summed E-state index contributed by atoms with van der Waals surface area (Å²) < 4.78 is 0. The van der Waals surface area contributed by atoms with E-state index in [0.717, 1.165) is 12.8 Å². The Hall–Kier alpha value is -1.00. The zero-order chi connectivity index (χ0) is 12.6. The van der Waals surface area contributed by atoms with Crippen molar-refractivity contribution < 1.29 is 0 Å². The van der Waals surface area contributed by atoms with Crippen LogP contribution >= 0.6 is 0 Å². The maximum Gasteiger partial charge on any atom is 0.155 e. The SMILES string of the molecule is C=C[Si](C)(C)C#C/C=C(\C)CCC=C(C)C. The molecule has 0 aliphatic heterocycles. The van der Waals surface area contributed by atoms with Crippen LogP contribution in [0.25, 0.3) is 0 Å². The lowest BCUT2D eigenvalue weighted by Crippen LogP contribution is -2.19.